The van der Waals surface area contributed by atoms with E-state index in [2.05, 4.69) is 39.2 Å². The van der Waals surface area contributed by atoms with Gasteiger partial charge in [0.05, 0.1) is 6.26 Å². The van der Waals surface area contributed by atoms with Gasteiger partial charge in [-0.2, -0.15) is 0 Å². The van der Waals surface area contributed by atoms with Gasteiger partial charge in [-0.1, -0.05) is 68.6 Å². The first-order valence-electron chi connectivity index (χ1n) is 9.67. The molecule has 2 nitrogen and oxygen atoms in total. The van der Waals surface area contributed by atoms with E-state index in [9.17, 15) is 4.79 Å². The van der Waals surface area contributed by atoms with Gasteiger partial charge in [0, 0.05) is 11.5 Å². The van der Waals surface area contributed by atoms with Crippen LogP contribution in [0.15, 0.2) is 70.4 Å². The fraction of sp³-hybridized carbons (Fsp3) is 0.400. The predicted molar refractivity (Wildman–Crippen MR) is 112 cm³/mol. The van der Waals surface area contributed by atoms with Crippen molar-refractivity contribution in [1.82, 2.24) is 0 Å². The van der Waals surface area contributed by atoms with Crippen LogP contribution in [0.25, 0.3) is 0 Å². The predicted octanol–water partition coefficient (Wildman–Crippen LogP) is 6.69. The lowest BCUT2D eigenvalue weighted by Gasteiger charge is -2.39. The van der Waals surface area contributed by atoms with Crippen molar-refractivity contribution in [2.24, 2.45) is 11.3 Å². The molecule has 0 spiro atoms. The van der Waals surface area contributed by atoms with Gasteiger partial charge in [-0.25, -0.2) is 0 Å². The first kappa shape index (κ1) is 20.8. The molecule has 27 heavy (non-hydrogen) atoms. The Morgan fingerprint density at radius 2 is 2.22 bits per heavy atom. The first-order valence-corrected chi connectivity index (χ1v) is 9.67. The van der Waals surface area contributed by atoms with Crippen molar-refractivity contribution in [1.29, 1.82) is 0 Å². The number of ketones is 1. The maximum Gasteiger partial charge on any atom is 0.201 e. The summed E-state index contributed by atoms with van der Waals surface area (Å²) in [7, 11) is 0. The zero-order chi connectivity index (χ0) is 19.9. The minimum Gasteiger partial charge on any atom is -0.461 e. The molecular formula is C25H30O2. The zero-order valence-electron chi connectivity index (χ0n) is 17.0. The monoisotopic (exact) mass is 362 g/mol. The molecule has 1 aromatic rings. The lowest BCUT2D eigenvalue weighted by Crippen LogP contribution is -2.35. The third-order valence-electron chi connectivity index (χ3n) is 5.26. The van der Waals surface area contributed by atoms with Crippen LogP contribution in [-0.2, 0) is 0 Å². The van der Waals surface area contributed by atoms with Crippen LogP contribution in [0.4, 0.5) is 0 Å². The molecule has 1 heterocycles. The number of Topliss-reactive ketones (excluding diaryl/α,β-unsaturated/α-hetero) is 1. The smallest absolute Gasteiger partial charge is 0.201 e. The maximum absolute atomic E-state index is 12.8. The van der Waals surface area contributed by atoms with E-state index in [0.29, 0.717) is 5.76 Å². The standard InChI is InChI=1S/C25H30O2/c1-6-20(12-7-11-19(2)3)13-8-14-21-15-9-16-22(25(21,4)5)24(26)23-17-10-18-27-23/h7,10-12,14,17-18,22H,2,6,9,15-16H2,1,3-5H3/b11-7-,20-12+,21-14+. The molecule has 0 bridgehead atoms. The summed E-state index contributed by atoms with van der Waals surface area (Å²) in [4.78, 5) is 12.8. The van der Waals surface area contributed by atoms with Crippen molar-refractivity contribution >= 4 is 5.78 Å². The molecule has 1 unspecified atom stereocenters. The molecule has 2 heteroatoms. The van der Waals surface area contributed by atoms with Crippen molar-refractivity contribution < 1.29 is 9.21 Å². The van der Waals surface area contributed by atoms with E-state index in [0.717, 1.165) is 36.8 Å². The Kier molecular flexibility index (Phi) is 7.25. The van der Waals surface area contributed by atoms with Crippen LogP contribution >= 0.6 is 0 Å². The van der Waals surface area contributed by atoms with Crippen LogP contribution in [0.1, 0.15) is 63.9 Å². The Bertz CT molecular complexity index is 817. The summed E-state index contributed by atoms with van der Waals surface area (Å²) in [5.74, 6) is 6.97. The van der Waals surface area contributed by atoms with E-state index in [1.807, 2.05) is 31.2 Å². The number of carbonyl (C=O) groups excluding carboxylic acids is 1. The normalized spacial score (nSPS) is 21.1. The van der Waals surface area contributed by atoms with Crippen LogP contribution in [-0.4, -0.2) is 5.78 Å². The molecule has 0 radical (unpaired) electrons. The zero-order valence-corrected chi connectivity index (χ0v) is 17.0. The molecule has 0 aliphatic heterocycles. The largest absolute Gasteiger partial charge is 0.461 e. The lowest BCUT2D eigenvalue weighted by atomic mass is 9.64. The Labute approximate surface area is 163 Å². The maximum atomic E-state index is 12.8. The average Bonchev–Trinajstić information content (AvgIpc) is 3.15. The van der Waals surface area contributed by atoms with Crippen LogP contribution < -0.4 is 0 Å². The number of rotatable bonds is 5. The highest BCUT2D eigenvalue weighted by Crippen LogP contribution is 2.45. The van der Waals surface area contributed by atoms with E-state index < -0.39 is 0 Å². The summed E-state index contributed by atoms with van der Waals surface area (Å²) in [6.07, 6.45) is 13.4. The van der Waals surface area contributed by atoms with Crippen LogP contribution in [0, 0.1) is 23.2 Å². The molecule has 0 saturated heterocycles. The van der Waals surface area contributed by atoms with Gasteiger partial charge in [0.15, 0.2) is 5.76 Å². The summed E-state index contributed by atoms with van der Waals surface area (Å²) in [5.41, 5.74) is 3.14. The molecule has 0 aromatic carbocycles. The van der Waals surface area contributed by atoms with Crippen molar-refractivity contribution in [3.8, 4) is 11.8 Å². The van der Waals surface area contributed by atoms with Crippen molar-refractivity contribution in [2.75, 3.05) is 0 Å². The highest BCUT2D eigenvalue weighted by molar-refractivity contribution is 5.96. The molecule has 1 aliphatic carbocycles. The average molecular weight is 363 g/mol. The molecule has 1 atom stereocenters. The second-order valence-electron chi connectivity index (χ2n) is 7.70. The minimum atomic E-state index is -0.216. The Morgan fingerprint density at radius 1 is 1.44 bits per heavy atom. The van der Waals surface area contributed by atoms with E-state index in [4.69, 9.17) is 4.42 Å². The molecular weight excluding hydrogens is 332 g/mol. The minimum absolute atomic E-state index is 0.0647. The third-order valence-corrected chi connectivity index (χ3v) is 5.26. The molecule has 0 N–H and O–H groups in total. The highest BCUT2D eigenvalue weighted by atomic mass is 16.3. The van der Waals surface area contributed by atoms with E-state index in [1.165, 1.54) is 5.57 Å². The molecule has 1 aliphatic rings. The van der Waals surface area contributed by atoms with E-state index >= 15 is 0 Å². The van der Waals surface area contributed by atoms with Crippen LogP contribution in [0.2, 0.25) is 0 Å². The lowest BCUT2D eigenvalue weighted by molar-refractivity contribution is 0.0758. The van der Waals surface area contributed by atoms with Gasteiger partial charge in [-0.15, -0.1) is 0 Å². The fourth-order valence-electron chi connectivity index (χ4n) is 3.50. The van der Waals surface area contributed by atoms with Crippen LogP contribution in [0.5, 0.6) is 0 Å². The SMILES string of the molecule is C=C(C)/C=C\C=C(\C#C/C=C1\CCCC(C(=O)c2ccco2)C1(C)C)CC. The number of furan rings is 1. The van der Waals surface area contributed by atoms with E-state index in [1.54, 1.807) is 18.4 Å². The molecule has 0 amide bonds. The Hall–Kier alpha value is -2.53. The van der Waals surface area contributed by atoms with Gasteiger partial charge < -0.3 is 4.42 Å². The quantitative estimate of drug-likeness (QED) is 0.332. The first-order chi connectivity index (χ1) is 12.9. The van der Waals surface area contributed by atoms with Crippen LogP contribution in [0.3, 0.4) is 0 Å². The summed E-state index contributed by atoms with van der Waals surface area (Å²) >= 11 is 0. The molecule has 2 rings (SSSR count). The fourth-order valence-corrected chi connectivity index (χ4v) is 3.50. The topological polar surface area (TPSA) is 30.2 Å². The van der Waals surface area contributed by atoms with E-state index in [-0.39, 0.29) is 17.1 Å². The third kappa shape index (κ3) is 5.47. The summed E-state index contributed by atoms with van der Waals surface area (Å²) in [6.45, 7) is 12.2. The summed E-state index contributed by atoms with van der Waals surface area (Å²) in [5, 5.41) is 0. The summed E-state index contributed by atoms with van der Waals surface area (Å²) < 4.78 is 5.34. The molecule has 1 aromatic heterocycles. The second kappa shape index (κ2) is 9.42. The number of allylic oxidation sites excluding steroid dienone is 7. The van der Waals surface area contributed by atoms with Crippen molar-refractivity contribution in [3.63, 3.8) is 0 Å². The molecule has 1 fully saturated rings. The van der Waals surface area contributed by atoms with Gasteiger partial charge in [0.1, 0.15) is 0 Å². The Morgan fingerprint density at radius 3 is 2.85 bits per heavy atom. The van der Waals surface area contributed by atoms with Crippen molar-refractivity contribution in [2.45, 2.75) is 53.4 Å². The van der Waals surface area contributed by atoms with Gasteiger partial charge in [0.25, 0.3) is 0 Å². The van der Waals surface area contributed by atoms with Gasteiger partial charge in [-0.05, 0) is 56.2 Å². The Balaban J connectivity index is 2.20. The number of carbonyl (C=O) groups is 1. The van der Waals surface area contributed by atoms with Gasteiger partial charge in [0.2, 0.25) is 5.78 Å². The van der Waals surface area contributed by atoms with Gasteiger partial charge in [-0.3, -0.25) is 4.79 Å². The molecule has 1 saturated carbocycles. The van der Waals surface area contributed by atoms with Crippen molar-refractivity contribution in [3.05, 3.63) is 71.8 Å². The number of hydrogen-bond acceptors (Lipinski definition) is 2. The van der Waals surface area contributed by atoms with Gasteiger partial charge >= 0.3 is 0 Å². The molecule has 142 valence electrons. The summed E-state index contributed by atoms with van der Waals surface area (Å²) in [6, 6.07) is 3.53. The number of hydrogen-bond donors (Lipinski definition) is 0. The highest BCUT2D eigenvalue weighted by Gasteiger charge is 2.41. The second-order valence-corrected chi connectivity index (χ2v) is 7.70.